The third-order valence-corrected chi connectivity index (χ3v) is 2.25. The van der Waals surface area contributed by atoms with Gasteiger partial charge in [-0.2, -0.15) is 13.2 Å². The fourth-order valence-electron chi connectivity index (χ4n) is 1.36. The second-order valence-electron chi connectivity index (χ2n) is 3.69. The molecular formula is C12H16F3NO3. The van der Waals surface area contributed by atoms with Crippen LogP contribution in [0.4, 0.5) is 13.2 Å². The number of rotatable bonds is 7. The van der Waals surface area contributed by atoms with Gasteiger partial charge in [0.2, 0.25) is 0 Å². The molecule has 0 aliphatic carbocycles. The molecule has 108 valence electrons. The van der Waals surface area contributed by atoms with E-state index < -0.39 is 12.8 Å². The summed E-state index contributed by atoms with van der Waals surface area (Å²) < 4.78 is 50.3. The quantitative estimate of drug-likeness (QED) is 0.777. The number of ether oxygens (including phenoxy) is 3. The zero-order valence-corrected chi connectivity index (χ0v) is 10.5. The number of hydrogen-bond acceptors (Lipinski definition) is 4. The number of hydrogen-bond donors (Lipinski definition) is 1. The molecule has 0 amide bonds. The zero-order chi connectivity index (χ0) is 14.3. The summed E-state index contributed by atoms with van der Waals surface area (Å²) in [6.45, 7) is -1.15. The van der Waals surface area contributed by atoms with E-state index in [0.717, 1.165) is 5.56 Å². The summed E-state index contributed by atoms with van der Waals surface area (Å²) in [6.07, 6.45) is -4.32. The van der Waals surface area contributed by atoms with E-state index in [1.807, 2.05) is 0 Å². The maximum absolute atomic E-state index is 11.8. The van der Waals surface area contributed by atoms with E-state index in [1.165, 1.54) is 7.11 Å². The van der Waals surface area contributed by atoms with Gasteiger partial charge in [0.1, 0.15) is 24.7 Å². The zero-order valence-electron chi connectivity index (χ0n) is 10.5. The molecule has 0 aromatic heterocycles. The number of nitrogens with two attached hydrogens (primary N) is 1. The van der Waals surface area contributed by atoms with E-state index in [9.17, 15) is 13.2 Å². The molecular weight excluding hydrogens is 263 g/mol. The molecule has 0 heterocycles. The number of benzene rings is 1. The largest absolute Gasteiger partial charge is 0.497 e. The molecule has 19 heavy (non-hydrogen) atoms. The van der Waals surface area contributed by atoms with Gasteiger partial charge in [0, 0.05) is 18.2 Å². The van der Waals surface area contributed by atoms with Crippen LogP contribution in [0.1, 0.15) is 5.56 Å². The molecule has 2 N–H and O–H groups in total. The summed E-state index contributed by atoms with van der Waals surface area (Å²) in [5.41, 5.74) is 6.28. The van der Waals surface area contributed by atoms with Crippen molar-refractivity contribution in [2.45, 2.75) is 12.7 Å². The van der Waals surface area contributed by atoms with Crippen molar-refractivity contribution in [2.24, 2.45) is 5.73 Å². The highest BCUT2D eigenvalue weighted by atomic mass is 19.4. The SMILES string of the molecule is COc1ccc(CN)c(OCCOCC(F)(F)F)c1. The minimum Gasteiger partial charge on any atom is -0.497 e. The fourth-order valence-corrected chi connectivity index (χ4v) is 1.36. The van der Waals surface area contributed by atoms with Crippen LogP contribution in [0.2, 0.25) is 0 Å². The van der Waals surface area contributed by atoms with Crippen LogP contribution in [-0.4, -0.2) is 33.1 Å². The molecule has 0 bridgehead atoms. The van der Waals surface area contributed by atoms with E-state index in [0.29, 0.717) is 11.5 Å². The Labute approximate surface area is 109 Å². The van der Waals surface area contributed by atoms with Crippen molar-refractivity contribution in [3.05, 3.63) is 23.8 Å². The van der Waals surface area contributed by atoms with Crippen LogP contribution in [0, 0.1) is 0 Å². The molecule has 0 fully saturated rings. The smallest absolute Gasteiger partial charge is 0.411 e. The second kappa shape index (κ2) is 7.20. The molecule has 0 saturated carbocycles. The van der Waals surface area contributed by atoms with Crippen LogP contribution < -0.4 is 15.2 Å². The third-order valence-electron chi connectivity index (χ3n) is 2.25. The van der Waals surface area contributed by atoms with Crippen molar-refractivity contribution in [2.75, 3.05) is 26.9 Å². The van der Waals surface area contributed by atoms with Crippen LogP contribution in [0.5, 0.6) is 11.5 Å². The summed E-state index contributed by atoms with van der Waals surface area (Å²) in [4.78, 5) is 0. The summed E-state index contributed by atoms with van der Waals surface area (Å²) in [5, 5.41) is 0. The van der Waals surface area contributed by atoms with Gasteiger partial charge in [-0.1, -0.05) is 6.07 Å². The van der Waals surface area contributed by atoms with Gasteiger partial charge in [-0.05, 0) is 6.07 Å². The van der Waals surface area contributed by atoms with Gasteiger partial charge in [-0.3, -0.25) is 0 Å². The topological polar surface area (TPSA) is 53.7 Å². The fraction of sp³-hybridized carbons (Fsp3) is 0.500. The van der Waals surface area contributed by atoms with Crippen molar-refractivity contribution >= 4 is 0 Å². The van der Waals surface area contributed by atoms with Gasteiger partial charge in [0.15, 0.2) is 0 Å². The molecule has 1 aromatic carbocycles. The van der Waals surface area contributed by atoms with Crippen LogP contribution in [0.25, 0.3) is 0 Å². The summed E-state index contributed by atoms with van der Waals surface area (Å²) in [5.74, 6) is 1.07. The Hall–Kier alpha value is -1.47. The third kappa shape index (κ3) is 5.80. The highest BCUT2D eigenvalue weighted by Gasteiger charge is 2.27. The maximum atomic E-state index is 11.8. The number of halogens is 3. The predicted octanol–water partition coefficient (Wildman–Crippen LogP) is 2.11. The first kappa shape index (κ1) is 15.6. The van der Waals surface area contributed by atoms with Gasteiger partial charge in [-0.25, -0.2) is 0 Å². The molecule has 1 aromatic rings. The van der Waals surface area contributed by atoms with E-state index >= 15 is 0 Å². The normalized spacial score (nSPS) is 11.4. The lowest BCUT2D eigenvalue weighted by Gasteiger charge is -2.12. The van der Waals surface area contributed by atoms with Gasteiger partial charge < -0.3 is 19.9 Å². The maximum Gasteiger partial charge on any atom is 0.411 e. The van der Waals surface area contributed by atoms with Gasteiger partial charge >= 0.3 is 6.18 Å². The van der Waals surface area contributed by atoms with Crippen molar-refractivity contribution < 1.29 is 27.4 Å². The standard InChI is InChI=1S/C12H16F3NO3/c1-17-10-3-2-9(7-16)11(6-10)19-5-4-18-8-12(13,14)15/h2-3,6H,4-5,7-8,16H2,1H3. The highest BCUT2D eigenvalue weighted by Crippen LogP contribution is 2.24. The minimum atomic E-state index is -4.32. The summed E-state index contributed by atoms with van der Waals surface area (Å²) >= 11 is 0. The molecule has 7 heteroatoms. The van der Waals surface area contributed by atoms with Crippen molar-refractivity contribution in [1.82, 2.24) is 0 Å². The lowest BCUT2D eigenvalue weighted by Crippen LogP contribution is -2.19. The Bertz CT molecular complexity index is 396. The Morgan fingerprint density at radius 2 is 1.95 bits per heavy atom. The van der Waals surface area contributed by atoms with Crippen molar-refractivity contribution in [1.29, 1.82) is 0 Å². The van der Waals surface area contributed by atoms with E-state index in [1.54, 1.807) is 18.2 Å². The molecule has 0 aliphatic heterocycles. The molecule has 0 unspecified atom stereocenters. The van der Waals surface area contributed by atoms with Crippen LogP contribution in [-0.2, 0) is 11.3 Å². The number of alkyl halides is 3. The van der Waals surface area contributed by atoms with Gasteiger partial charge in [-0.15, -0.1) is 0 Å². The highest BCUT2D eigenvalue weighted by molar-refractivity contribution is 5.40. The summed E-state index contributed by atoms with van der Waals surface area (Å²) in [6, 6.07) is 5.10. The first-order chi connectivity index (χ1) is 8.96. The van der Waals surface area contributed by atoms with E-state index in [-0.39, 0.29) is 19.8 Å². The Kier molecular flexibility index (Phi) is 5.91. The molecule has 0 spiro atoms. The van der Waals surface area contributed by atoms with E-state index in [4.69, 9.17) is 15.2 Å². The molecule has 0 radical (unpaired) electrons. The Morgan fingerprint density at radius 1 is 1.21 bits per heavy atom. The first-order valence-corrected chi connectivity index (χ1v) is 5.60. The minimum absolute atomic E-state index is 0.0102. The molecule has 0 atom stereocenters. The van der Waals surface area contributed by atoms with Crippen LogP contribution >= 0.6 is 0 Å². The van der Waals surface area contributed by atoms with Gasteiger partial charge in [0.25, 0.3) is 0 Å². The average Bonchev–Trinajstić information content (AvgIpc) is 2.36. The monoisotopic (exact) mass is 279 g/mol. The second-order valence-corrected chi connectivity index (χ2v) is 3.69. The predicted molar refractivity (Wildman–Crippen MR) is 63.3 cm³/mol. The van der Waals surface area contributed by atoms with E-state index in [2.05, 4.69) is 4.74 Å². The first-order valence-electron chi connectivity index (χ1n) is 5.60. The van der Waals surface area contributed by atoms with Crippen LogP contribution in [0.3, 0.4) is 0 Å². The number of methoxy groups -OCH3 is 1. The van der Waals surface area contributed by atoms with Crippen LogP contribution in [0.15, 0.2) is 18.2 Å². The summed E-state index contributed by atoms with van der Waals surface area (Å²) in [7, 11) is 1.51. The van der Waals surface area contributed by atoms with Crippen molar-refractivity contribution in [3.63, 3.8) is 0 Å². The molecule has 4 nitrogen and oxygen atoms in total. The lowest BCUT2D eigenvalue weighted by atomic mass is 10.2. The molecule has 0 aliphatic rings. The molecule has 1 rings (SSSR count). The Balaban J connectivity index is 2.43. The Morgan fingerprint density at radius 3 is 2.53 bits per heavy atom. The average molecular weight is 279 g/mol. The van der Waals surface area contributed by atoms with Crippen molar-refractivity contribution in [3.8, 4) is 11.5 Å². The lowest BCUT2D eigenvalue weighted by molar-refractivity contribution is -0.175. The molecule has 0 saturated heterocycles. The van der Waals surface area contributed by atoms with Gasteiger partial charge in [0.05, 0.1) is 13.7 Å².